The molecule has 0 radical (unpaired) electrons. The zero-order valence-corrected chi connectivity index (χ0v) is 16.5. The molecule has 4 rings (SSSR count). The van der Waals surface area contributed by atoms with Crippen LogP contribution in [0, 0.1) is 0 Å². The molecular weight excluding hydrogens is 350 g/mol. The van der Waals surface area contributed by atoms with Gasteiger partial charge in [0.1, 0.15) is 5.75 Å². The van der Waals surface area contributed by atoms with Gasteiger partial charge in [0.25, 0.3) is 0 Å². The molecule has 2 aromatic carbocycles. The van der Waals surface area contributed by atoms with Gasteiger partial charge >= 0.3 is 0 Å². The largest absolute Gasteiger partial charge is 0.497 e. The number of benzene rings is 2. The van der Waals surface area contributed by atoms with Gasteiger partial charge in [0.2, 0.25) is 0 Å². The van der Waals surface area contributed by atoms with Crippen molar-refractivity contribution in [2.45, 2.75) is 6.54 Å². The van der Waals surface area contributed by atoms with Crippen molar-refractivity contribution in [3.05, 3.63) is 60.3 Å². The highest BCUT2D eigenvalue weighted by atomic mass is 16.5. The van der Waals surface area contributed by atoms with Crippen molar-refractivity contribution in [1.29, 1.82) is 0 Å². The average Bonchev–Trinajstić information content (AvgIpc) is 3.17. The number of H-pyrrole nitrogens is 1. The number of guanidine groups is 1. The Labute approximate surface area is 165 Å². The summed E-state index contributed by atoms with van der Waals surface area (Å²) in [6.07, 6.45) is 0. The fourth-order valence-electron chi connectivity index (χ4n) is 3.72. The smallest absolute Gasteiger partial charge is 0.194 e. The molecule has 1 fully saturated rings. The molecule has 3 aromatic rings. The van der Waals surface area contributed by atoms with Crippen molar-refractivity contribution in [3.63, 3.8) is 0 Å². The summed E-state index contributed by atoms with van der Waals surface area (Å²) in [6, 6.07) is 18.8. The van der Waals surface area contributed by atoms with Crippen molar-refractivity contribution in [2.75, 3.05) is 45.2 Å². The minimum absolute atomic E-state index is 0.734. The number of nitrogens with one attached hydrogen (secondary N) is 2. The van der Waals surface area contributed by atoms with Gasteiger partial charge in [-0.05, 0) is 29.7 Å². The molecule has 0 bridgehead atoms. The number of hydrogen-bond donors (Lipinski definition) is 2. The van der Waals surface area contributed by atoms with E-state index in [-0.39, 0.29) is 0 Å². The maximum atomic E-state index is 5.35. The minimum atomic E-state index is 0.734. The van der Waals surface area contributed by atoms with E-state index in [9.17, 15) is 0 Å². The standard InChI is InChI=1S/C22H27N5O/c1-23-22(24-16-18-14-17-6-3-4-9-21(17)25-18)27-12-10-26(11-13-27)19-7-5-8-20(15-19)28-2/h3-9,14-15,25H,10-13,16H2,1-2H3,(H,23,24). The number of anilines is 1. The maximum absolute atomic E-state index is 5.35. The first-order valence-corrected chi connectivity index (χ1v) is 9.68. The molecule has 0 saturated carbocycles. The first-order chi connectivity index (χ1) is 13.8. The molecule has 1 aliphatic rings. The van der Waals surface area contributed by atoms with Crippen LogP contribution in [0.3, 0.4) is 0 Å². The van der Waals surface area contributed by atoms with Crippen LogP contribution in [0.5, 0.6) is 5.75 Å². The fourth-order valence-corrected chi connectivity index (χ4v) is 3.72. The summed E-state index contributed by atoms with van der Waals surface area (Å²) in [5.41, 5.74) is 3.54. The summed E-state index contributed by atoms with van der Waals surface area (Å²) in [5.74, 6) is 1.85. The number of nitrogens with zero attached hydrogens (tertiary/aromatic N) is 3. The lowest BCUT2D eigenvalue weighted by Gasteiger charge is -2.37. The molecule has 0 amide bonds. The van der Waals surface area contributed by atoms with Gasteiger partial charge in [-0.1, -0.05) is 24.3 Å². The molecule has 0 spiro atoms. The Hall–Kier alpha value is -3.15. The molecule has 0 atom stereocenters. The lowest BCUT2D eigenvalue weighted by atomic mass is 10.2. The van der Waals surface area contributed by atoms with Gasteiger partial charge in [0, 0.05) is 56.2 Å². The first kappa shape index (κ1) is 18.2. The summed E-state index contributed by atoms with van der Waals surface area (Å²) in [7, 11) is 3.56. The van der Waals surface area contributed by atoms with Crippen LogP contribution in [0.4, 0.5) is 5.69 Å². The van der Waals surface area contributed by atoms with Crippen LogP contribution < -0.4 is 15.0 Å². The van der Waals surface area contributed by atoms with Crippen LogP contribution in [0.1, 0.15) is 5.69 Å². The third-order valence-corrected chi connectivity index (χ3v) is 5.23. The quantitative estimate of drug-likeness (QED) is 0.542. The molecule has 0 aliphatic carbocycles. The molecule has 1 aromatic heterocycles. The zero-order chi connectivity index (χ0) is 19.3. The van der Waals surface area contributed by atoms with Crippen LogP contribution in [-0.2, 0) is 6.54 Å². The van der Waals surface area contributed by atoms with Crippen molar-refractivity contribution in [1.82, 2.24) is 15.2 Å². The number of hydrogen-bond acceptors (Lipinski definition) is 3. The number of fused-ring (bicyclic) bond motifs is 1. The topological polar surface area (TPSA) is 55.9 Å². The molecule has 0 unspecified atom stereocenters. The highest BCUT2D eigenvalue weighted by Crippen LogP contribution is 2.22. The van der Waals surface area contributed by atoms with E-state index in [1.54, 1.807) is 7.11 Å². The molecule has 1 saturated heterocycles. The number of methoxy groups -OCH3 is 1. The van der Waals surface area contributed by atoms with Gasteiger partial charge in [0.15, 0.2) is 5.96 Å². The summed E-state index contributed by atoms with van der Waals surface area (Å²) in [5, 5.41) is 4.73. The lowest BCUT2D eigenvalue weighted by Crippen LogP contribution is -2.52. The van der Waals surface area contributed by atoms with Crippen LogP contribution in [0.15, 0.2) is 59.6 Å². The summed E-state index contributed by atoms with van der Waals surface area (Å²) in [6.45, 7) is 4.52. The van der Waals surface area contributed by atoms with Crippen LogP contribution >= 0.6 is 0 Å². The van der Waals surface area contributed by atoms with E-state index >= 15 is 0 Å². The van der Waals surface area contributed by atoms with Gasteiger partial charge in [-0.3, -0.25) is 4.99 Å². The van der Waals surface area contributed by atoms with Gasteiger partial charge < -0.3 is 24.8 Å². The summed E-state index contributed by atoms with van der Waals surface area (Å²) < 4.78 is 5.35. The van der Waals surface area contributed by atoms with Gasteiger partial charge in [-0.15, -0.1) is 0 Å². The Balaban J connectivity index is 1.34. The van der Waals surface area contributed by atoms with Crippen LogP contribution in [0.2, 0.25) is 0 Å². The van der Waals surface area contributed by atoms with Crippen molar-refractivity contribution in [2.24, 2.45) is 4.99 Å². The van der Waals surface area contributed by atoms with Crippen molar-refractivity contribution < 1.29 is 4.74 Å². The Kier molecular flexibility index (Phi) is 5.37. The number of aliphatic imine (C=N–C) groups is 1. The number of para-hydroxylation sites is 1. The van der Waals surface area contributed by atoms with Crippen LogP contribution in [-0.4, -0.2) is 56.2 Å². The SMILES string of the molecule is CN=C(NCc1cc2ccccc2[nH]1)N1CCN(c2cccc(OC)c2)CC1. The Bertz CT molecular complexity index is 923. The maximum Gasteiger partial charge on any atom is 0.194 e. The monoisotopic (exact) mass is 377 g/mol. The Morgan fingerprint density at radius 1 is 1.07 bits per heavy atom. The second-order valence-corrected chi connectivity index (χ2v) is 6.96. The van der Waals surface area contributed by atoms with E-state index in [0.717, 1.165) is 50.1 Å². The summed E-state index contributed by atoms with van der Waals surface area (Å²) in [4.78, 5) is 12.7. The number of piperazine rings is 1. The Morgan fingerprint density at radius 2 is 1.89 bits per heavy atom. The van der Waals surface area contributed by atoms with Gasteiger partial charge in [0.05, 0.1) is 13.7 Å². The van der Waals surface area contributed by atoms with Gasteiger partial charge in [-0.25, -0.2) is 0 Å². The van der Waals surface area contributed by atoms with E-state index in [2.05, 4.69) is 67.6 Å². The molecule has 2 heterocycles. The summed E-state index contributed by atoms with van der Waals surface area (Å²) >= 11 is 0. The molecule has 28 heavy (non-hydrogen) atoms. The van der Waals surface area contributed by atoms with Crippen molar-refractivity contribution in [3.8, 4) is 5.75 Å². The second-order valence-electron chi connectivity index (χ2n) is 6.96. The molecule has 6 heteroatoms. The number of aromatic nitrogens is 1. The van der Waals surface area contributed by atoms with E-state index in [0.29, 0.717) is 0 Å². The van der Waals surface area contributed by atoms with Gasteiger partial charge in [-0.2, -0.15) is 0 Å². The third-order valence-electron chi connectivity index (χ3n) is 5.23. The lowest BCUT2D eigenvalue weighted by molar-refractivity contribution is 0.371. The molecular formula is C22H27N5O. The van der Waals surface area contributed by atoms with E-state index < -0.39 is 0 Å². The zero-order valence-electron chi connectivity index (χ0n) is 16.5. The fraction of sp³-hybridized carbons (Fsp3) is 0.318. The average molecular weight is 377 g/mol. The molecule has 2 N–H and O–H groups in total. The van der Waals surface area contributed by atoms with Crippen molar-refractivity contribution >= 4 is 22.5 Å². The predicted molar refractivity (Wildman–Crippen MR) is 115 cm³/mol. The number of rotatable bonds is 4. The first-order valence-electron chi connectivity index (χ1n) is 9.68. The molecule has 6 nitrogen and oxygen atoms in total. The predicted octanol–water partition coefficient (Wildman–Crippen LogP) is 3.07. The van der Waals surface area contributed by atoms with E-state index in [4.69, 9.17) is 4.74 Å². The number of ether oxygens (including phenoxy) is 1. The highest BCUT2D eigenvalue weighted by Gasteiger charge is 2.20. The second kappa shape index (κ2) is 8.25. The molecule has 146 valence electrons. The Morgan fingerprint density at radius 3 is 2.64 bits per heavy atom. The van der Waals surface area contributed by atoms with E-state index in [1.807, 2.05) is 19.2 Å². The molecule has 1 aliphatic heterocycles. The normalized spacial score (nSPS) is 15.1. The number of aromatic amines is 1. The van der Waals surface area contributed by atoms with Crippen LogP contribution in [0.25, 0.3) is 10.9 Å². The van der Waals surface area contributed by atoms with E-state index in [1.165, 1.54) is 16.6 Å². The minimum Gasteiger partial charge on any atom is -0.497 e. The third kappa shape index (κ3) is 3.91. The highest BCUT2D eigenvalue weighted by molar-refractivity contribution is 5.82.